The van der Waals surface area contributed by atoms with Crippen molar-refractivity contribution in [2.24, 2.45) is 0 Å². The van der Waals surface area contributed by atoms with E-state index in [4.69, 9.17) is 17.0 Å². The Labute approximate surface area is 312 Å². The molecule has 0 bridgehead atoms. The summed E-state index contributed by atoms with van der Waals surface area (Å²) in [5.74, 6) is 0. The quantitative estimate of drug-likeness (QED) is 0.154. The summed E-state index contributed by atoms with van der Waals surface area (Å²) in [6.07, 6.45) is 0. The van der Waals surface area contributed by atoms with Crippen molar-refractivity contribution in [1.29, 1.82) is 0 Å². The van der Waals surface area contributed by atoms with Gasteiger partial charge in [-0.1, -0.05) is 76.9 Å². The van der Waals surface area contributed by atoms with Crippen molar-refractivity contribution in [2.75, 3.05) is 0 Å². The van der Waals surface area contributed by atoms with E-state index in [0.29, 0.717) is 0 Å². The van der Waals surface area contributed by atoms with E-state index in [1.807, 2.05) is 30.3 Å². The van der Waals surface area contributed by atoms with Gasteiger partial charge < -0.3 is 0 Å². The van der Waals surface area contributed by atoms with E-state index in [-0.39, 0.29) is 10.8 Å². The molecule has 0 unspecified atom stereocenters. The Morgan fingerprint density at radius 1 is 0.480 bits per heavy atom. The van der Waals surface area contributed by atoms with Crippen LogP contribution in [0, 0.1) is 0 Å². The summed E-state index contributed by atoms with van der Waals surface area (Å²) in [6.45, 7) is 13.6. The van der Waals surface area contributed by atoms with Crippen molar-refractivity contribution in [3.63, 3.8) is 0 Å². The van der Waals surface area contributed by atoms with Crippen LogP contribution in [0.4, 0.5) is 0 Å². The molecule has 8 aromatic rings. The normalized spacial score (nSPS) is 11.6. The Morgan fingerprint density at radius 3 is 1.26 bits per heavy atom. The van der Waals surface area contributed by atoms with E-state index in [1.165, 1.54) is 54.2 Å². The van der Waals surface area contributed by atoms with E-state index >= 15 is 0 Å². The molecular weight excluding hydrogens is 727 g/mol. The molecule has 0 aromatic heterocycles. The van der Waals surface area contributed by atoms with Gasteiger partial charge in [-0.15, -0.1) is 39.7 Å². The third-order valence-corrected chi connectivity index (χ3v) is 13.8. The average molecular weight is 771 g/mol. The number of rotatable bonds is 2. The summed E-state index contributed by atoms with van der Waals surface area (Å²) in [4.78, 5) is 0. The second-order valence-electron chi connectivity index (χ2n) is 15.0. The monoisotopic (exact) mass is 768 g/mol. The van der Waals surface area contributed by atoms with Crippen LogP contribution >= 0.6 is 17.0 Å². The third kappa shape index (κ3) is 8.46. The molecule has 0 saturated heterocycles. The van der Waals surface area contributed by atoms with Gasteiger partial charge in [-0.05, 0) is 10.8 Å². The molecular formula is C47H44Cl2Zr-2. The van der Waals surface area contributed by atoms with Crippen LogP contribution in [0.3, 0.4) is 0 Å². The summed E-state index contributed by atoms with van der Waals surface area (Å²) >= 11 is -2.64. The van der Waals surface area contributed by atoms with E-state index in [9.17, 15) is 0 Å². The molecule has 0 heterocycles. The Kier molecular flexibility index (Phi) is 11.1. The first-order valence-corrected chi connectivity index (χ1v) is 24.8. The van der Waals surface area contributed by atoms with Crippen LogP contribution in [0.2, 0.25) is 0 Å². The maximum Gasteiger partial charge on any atom is -0.172 e. The average Bonchev–Trinajstić information content (AvgIpc) is 3.79. The van der Waals surface area contributed by atoms with E-state index in [2.05, 4.69) is 169 Å². The first-order chi connectivity index (χ1) is 23.9. The number of halogens is 2. The largest absolute Gasteiger partial charge is 0.214 e. The molecule has 0 amide bonds. The van der Waals surface area contributed by atoms with Gasteiger partial charge in [-0.25, -0.2) is 12.1 Å². The van der Waals surface area contributed by atoms with Gasteiger partial charge >= 0.3 is 157 Å². The van der Waals surface area contributed by atoms with Crippen LogP contribution in [0.15, 0.2) is 158 Å². The van der Waals surface area contributed by atoms with Crippen molar-refractivity contribution < 1.29 is 18.9 Å². The first kappa shape index (κ1) is 36.2. The molecule has 50 heavy (non-hydrogen) atoms. The number of hydrogen-bond acceptors (Lipinski definition) is 0. The van der Waals surface area contributed by atoms with Crippen LogP contribution in [0.1, 0.15) is 63.8 Å². The molecule has 0 aliphatic carbocycles. The maximum absolute atomic E-state index is 6.54. The molecule has 0 fully saturated rings. The van der Waals surface area contributed by atoms with E-state index < -0.39 is 18.9 Å². The molecule has 3 heteroatoms. The van der Waals surface area contributed by atoms with Crippen molar-refractivity contribution in [3.8, 4) is 0 Å². The Morgan fingerprint density at radius 2 is 0.900 bits per heavy atom. The summed E-state index contributed by atoms with van der Waals surface area (Å²) in [7, 11) is 13.1. The Balaban J connectivity index is 0.000000153. The fourth-order valence-electron chi connectivity index (χ4n) is 6.35. The first-order valence-electron chi connectivity index (χ1n) is 17.2. The predicted octanol–water partition coefficient (Wildman–Crippen LogP) is 14.2. The number of benzene rings is 6. The fourth-order valence-corrected chi connectivity index (χ4v) is 10.8. The van der Waals surface area contributed by atoms with Crippen molar-refractivity contribution in [2.45, 2.75) is 52.4 Å². The maximum atomic E-state index is 6.54. The van der Waals surface area contributed by atoms with Crippen LogP contribution in [0.25, 0.3) is 43.1 Å². The SMILES string of the molecule is CC(C)(C)c1ccc2c(c1)[cH-]c1cc(C(C)(C)C)ccc12.[Cl][Zr]([Cl])=[C](c1ccc2ccccc2c1)c1ccc2ccccc2c1.c1cc[cH-]c1. The second kappa shape index (κ2) is 15.3. The topological polar surface area (TPSA) is 0 Å². The van der Waals surface area contributed by atoms with Crippen molar-refractivity contribution in [1.82, 2.24) is 0 Å². The fraction of sp³-hybridized carbons (Fsp3) is 0.170. The second-order valence-corrected chi connectivity index (χ2v) is 23.1. The van der Waals surface area contributed by atoms with Gasteiger partial charge in [0.15, 0.2) is 0 Å². The smallest absolute Gasteiger partial charge is 0.172 e. The number of hydrogen-bond donors (Lipinski definition) is 0. The van der Waals surface area contributed by atoms with Crippen molar-refractivity contribution >= 4 is 63.3 Å². The molecule has 8 aromatic carbocycles. The molecule has 0 aliphatic heterocycles. The molecule has 0 saturated carbocycles. The van der Waals surface area contributed by atoms with Crippen LogP contribution < -0.4 is 0 Å². The third-order valence-electron chi connectivity index (χ3n) is 9.26. The molecule has 8 rings (SSSR count). The van der Waals surface area contributed by atoms with Gasteiger partial charge in [-0.3, -0.25) is 0 Å². The zero-order chi connectivity index (χ0) is 35.5. The minimum Gasteiger partial charge on any atom is -0.214 e. The zero-order valence-electron chi connectivity index (χ0n) is 29.8. The predicted molar refractivity (Wildman–Crippen MR) is 219 cm³/mol. The van der Waals surface area contributed by atoms with E-state index in [0.717, 1.165) is 14.3 Å². The molecule has 0 radical (unpaired) electrons. The zero-order valence-corrected chi connectivity index (χ0v) is 33.7. The number of fused-ring (bicyclic) bond motifs is 5. The molecule has 0 atom stereocenters. The summed E-state index contributed by atoms with van der Waals surface area (Å²) in [5, 5.41) is 10.4. The molecule has 0 spiro atoms. The van der Waals surface area contributed by atoms with Gasteiger partial charge in [0.05, 0.1) is 0 Å². The molecule has 0 aliphatic rings. The van der Waals surface area contributed by atoms with Crippen LogP contribution in [-0.4, -0.2) is 3.21 Å². The summed E-state index contributed by atoms with van der Waals surface area (Å²) in [6, 6.07) is 55.9. The van der Waals surface area contributed by atoms with Gasteiger partial charge in [-0.2, -0.15) is 18.2 Å². The molecule has 0 N–H and O–H groups in total. The minimum absolute atomic E-state index is 0.203. The Hall–Kier alpha value is -3.61. The molecule has 0 nitrogen and oxygen atoms in total. The van der Waals surface area contributed by atoms with Gasteiger partial charge in [0.1, 0.15) is 0 Å². The van der Waals surface area contributed by atoms with Gasteiger partial charge in [0, 0.05) is 0 Å². The minimum atomic E-state index is -2.64. The van der Waals surface area contributed by atoms with E-state index in [1.54, 1.807) is 0 Å². The van der Waals surface area contributed by atoms with Crippen LogP contribution in [0.5, 0.6) is 0 Å². The van der Waals surface area contributed by atoms with Gasteiger partial charge in [0.2, 0.25) is 0 Å². The van der Waals surface area contributed by atoms with Gasteiger partial charge in [0.25, 0.3) is 0 Å². The van der Waals surface area contributed by atoms with Crippen LogP contribution in [-0.2, 0) is 29.7 Å². The molecule has 252 valence electrons. The Bertz CT molecular complexity index is 2240. The summed E-state index contributed by atoms with van der Waals surface area (Å²) < 4.78 is 1.14. The summed E-state index contributed by atoms with van der Waals surface area (Å²) in [5.41, 5.74) is 5.50. The standard InChI is InChI=1S/C21H14.C21H25.C5H5.2ClH.Zr/c1-3-7-20-14-16(9-11-18(20)5-1)13-17-10-12-19-6-2-4-8-21(19)15-17;1-20(2,3)16-7-9-18-14(12-16)11-15-13-17(21(4,5)6)8-10-19(15)18;1-2-4-5-3-1;;;/h1-12,14-15H;7-13H,1-6H3;1-5H;2*1H;/q;2*-1;;;+2/p-2. The van der Waals surface area contributed by atoms with Crippen molar-refractivity contribution in [3.05, 3.63) is 180 Å².